The minimum Gasteiger partial charge on any atom is -0.345 e. The number of carbonyl (C=O) groups excluding carboxylic acids is 1. The second kappa shape index (κ2) is 6.48. The summed E-state index contributed by atoms with van der Waals surface area (Å²) in [6.07, 6.45) is 6.86. The second-order valence-electron chi connectivity index (χ2n) is 6.78. The highest BCUT2D eigenvalue weighted by molar-refractivity contribution is 6.04. The van der Waals surface area contributed by atoms with Crippen molar-refractivity contribution in [3.05, 3.63) is 54.6 Å². The molecular formula is C20H16N8O. The van der Waals surface area contributed by atoms with E-state index in [2.05, 4.69) is 35.1 Å². The molecule has 1 amide bonds. The normalized spacial score (nSPS) is 11.2. The van der Waals surface area contributed by atoms with Gasteiger partial charge in [-0.3, -0.25) is 14.9 Å². The highest BCUT2D eigenvalue weighted by Crippen LogP contribution is 2.29. The number of carbonyl (C=O) groups is 1. The Balaban J connectivity index is 1.67. The summed E-state index contributed by atoms with van der Waals surface area (Å²) in [5.74, 6) is 0.418. The summed E-state index contributed by atoms with van der Waals surface area (Å²) in [5.41, 5.74) is 4.69. The molecule has 0 bridgehead atoms. The van der Waals surface area contributed by atoms with E-state index >= 15 is 0 Å². The van der Waals surface area contributed by atoms with Gasteiger partial charge < -0.3 is 9.88 Å². The molecule has 9 heteroatoms. The predicted octanol–water partition coefficient (Wildman–Crippen LogP) is 2.66. The SMILES string of the molecule is CN(C)C(=O)c1ccnc2nc(-c3[nH]nc4ncc(-c5cccnc5)cc34)[nH]c12. The third kappa shape index (κ3) is 2.80. The van der Waals surface area contributed by atoms with E-state index in [1.807, 2.05) is 18.2 Å². The molecule has 5 aromatic rings. The zero-order valence-corrected chi connectivity index (χ0v) is 15.7. The first-order chi connectivity index (χ1) is 14.1. The van der Waals surface area contributed by atoms with E-state index in [1.165, 1.54) is 4.90 Å². The van der Waals surface area contributed by atoms with Crippen LogP contribution in [0.1, 0.15) is 10.4 Å². The maximum Gasteiger partial charge on any atom is 0.255 e. The Morgan fingerprint density at radius 3 is 2.72 bits per heavy atom. The average Bonchev–Trinajstić information content (AvgIpc) is 3.36. The molecule has 0 saturated heterocycles. The number of aromatic nitrogens is 7. The maximum absolute atomic E-state index is 12.5. The van der Waals surface area contributed by atoms with Crippen LogP contribution in [-0.2, 0) is 0 Å². The van der Waals surface area contributed by atoms with E-state index in [-0.39, 0.29) is 5.91 Å². The first-order valence-corrected chi connectivity index (χ1v) is 8.93. The van der Waals surface area contributed by atoms with Crippen molar-refractivity contribution in [1.29, 1.82) is 0 Å². The number of hydrogen-bond donors (Lipinski definition) is 2. The third-order valence-electron chi connectivity index (χ3n) is 4.67. The molecule has 0 saturated carbocycles. The number of aromatic amines is 2. The summed E-state index contributed by atoms with van der Waals surface area (Å²) in [6.45, 7) is 0. The van der Waals surface area contributed by atoms with Crippen LogP contribution in [0.25, 0.3) is 44.8 Å². The lowest BCUT2D eigenvalue weighted by Crippen LogP contribution is -2.22. The number of pyridine rings is 3. The Kier molecular flexibility index (Phi) is 3.80. The van der Waals surface area contributed by atoms with Gasteiger partial charge in [-0.1, -0.05) is 6.07 Å². The van der Waals surface area contributed by atoms with Crippen molar-refractivity contribution < 1.29 is 4.79 Å². The van der Waals surface area contributed by atoms with Gasteiger partial charge in [0.05, 0.1) is 16.5 Å². The molecule has 0 aliphatic heterocycles. The van der Waals surface area contributed by atoms with Crippen LogP contribution in [-0.4, -0.2) is 60.0 Å². The highest BCUT2D eigenvalue weighted by atomic mass is 16.2. The van der Waals surface area contributed by atoms with Crippen molar-refractivity contribution in [3.63, 3.8) is 0 Å². The molecule has 142 valence electrons. The lowest BCUT2D eigenvalue weighted by Gasteiger charge is -2.09. The molecule has 0 aliphatic rings. The second-order valence-corrected chi connectivity index (χ2v) is 6.78. The molecule has 0 aromatic carbocycles. The number of fused-ring (bicyclic) bond motifs is 2. The summed E-state index contributed by atoms with van der Waals surface area (Å²) in [4.78, 5) is 34.7. The number of H-pyrrole nitrogens is 2. The number of rotatable bonds is 3. The number of nitrogens with zero attached hydrogens (tertiary/aromatic N) is 6. The van der Waals surface area contributed by atoms with Crippen LogP contribution in [0.5, 0.6) is 0 Å². The van der Waals surface area contributed by atoms with Crippen LogP contribution in [0.4, 0.5) is 0 Å². The van der Waals surface area contributed by atoms with Crippen molar-refractivity contribution in [1.82, 2.24) is 40.0 Å². The van der Waals surface area contributed by atoms with Crippen LogP contribution in [0, 0.1) is 0 Å². The van der Waals surface area contributed by atoms with E-state index in [0.29, 0.717) is 33.9 Å². The molecule has 29 heavy (non-hydrogen) atoms. The van der Waals surface area contributed by atoms with Crippen molar-refractivity contribution >= 4 is 28.1 Å². The molecule has 5 aromatic heterocycles. The molecule has 0 atom stereocenters. The fourth-order valence-electron chi connectivity index (χ4n) is 3.22. The molecule has 5 rings (SSSR count). The summed E-state index contributed by atoms with van der Waals surface area (Å²) < 4.78 is 0. The fraction of sp³-hybridized carbons (Fsp3) is 0.100. The first-order valence-electron chi connectivity index (χ1n) is 8.93. The van der Waals surface area contributed by atoms with E-state index in [4.69, 9.17) is 0 Å². The van der Waals surface area contributed by atoms with E-state index in [9.17, 15) is 4.79 Å². The van der Waals surface area contributed by atoms with Gasteiger partial charge in [0.15, 0.2) is 17.1 Å². The topological polar surface area (TPSA) is 116 Å². The monoisotopic (exact) mass is 384 g/mol. The summed E-state index contributed by atoms with van der Waals surface area (Å²) in [6, 6.07) is 7.52. The zero-order valence-electron chi connectivity index (χ0n) is 15.7. The smallest absolute Gasteiger partial charge is 0.255 e. The molecule has 5 heterocycles. The van der Waals surface area contributed by atoms with Crippen molar-refractivity contribution in [3.8, 4) is 22.6 Å². The maximum atomic E-state index is 12.5. The average molecular weight is 384 g/mol. The van der Waals surface area contributed by atoms with Gasteiger partial charge >= 0.3 is 0 Å². The summed E-state index contributed by atoms with van der Waals surface area (Å²) in [5, 5.41) is 8.09. The van der Waals surface area contributed by atoms with Gasteiger partial charge in [-0.2, -0.15) is 5.10 Å². The van der Waals surface area contributed by atoms with Crippen molar-refractivity contribution in [2.24, 2.45) is 0 Å². The predicted molar refractivity (Wildman–Crippen MR) is 108 cm³/mol. The number of amides is 1. The fourth-order valence-corrected chi connectivity index (χ4v) is 3.22. The Hall–Kier alpha value is -4.14. The molecule has 2 N–H and O–H groups in total. The lowest BCUT2D eigenvalue weighted by molar-refractivity contribution is 0.0829. The number of nitrogens with one attached hydrogen (secondary N) is 2. The number of imidazole rings is 1. The Bertz CT molecular complexity index is 1350. The molecular weight excluding hydrogens is 368 g/mol. The van der Waals surface area contributed by atoms with Gasteiger partial charge in [0.25, 0.3) is 5.91 Å². The largest absolute Gasteiger partial charge is 0.345 e. The summed E-state index contributed by atoms with van der Waals surface area (Å²) >= 11 is 0. The van der Waals surface area contributed by atoms with Crippen molar-refractivity contribution in [2.75, 3.05) is 14.1 Å². The van der Waals surface area contributed by atoms with Gasteiger partial charge in [-0.15, -0.1) is 0 Å². The minimum absolute atomic E-state index is 0.123. The quantitative estimate of drug-likeness (QED) is 0.494. The van der Waals surface area contributed by atoms with E-state index in [1.54, 1.807) is 44.9 Å². The van der Waals surface area contributed by atoms with Crippen LogP contribution in [0.2, 0.25) is 0 Å². The highest BCUT2D eigenvalue weighted by Gasteiger charge is 2.19. The Morgan fingerprint density at radius 1 is 1.03 bits per heavy atom. The van der Waals surface area contributed by atoms with Crippen molar-refractivity contribution in [2.45, 2.75) is 0 Å². The number of hydrogen-bond acceptors (Lipinski definition) is 6. The van der Waals surface area contributed by atoms with Crippen LogP contribution in [0.3, 0.4) is 0 Å². The van der Waals surface area contributed by atoms with Crippen LogP contribution < -0.4 is 0 Å². The molecule has 0 unspecified atom stereocenters. The first kappa shape index (κ1) is 17.0. The summed E-state index contributed by atoms with van der Waals surface area (Å²) in [7, 11) is 3.42. The molecule has 0 fully saturated rings. The van der Waals surface area contributed by atoms with E-state index in [0.717, 1.165) is 16.5 Å². The Morgan fingerprint density at radius 2 is 1.93 bits per heavy atom. The Labute approximate surface area is 164 Å². The molecule has 0 spiro atoms. The van der Waals surface area contributed by atoms with Gasteiger partial charge in [0.2, 0.25) is 0 Å². The van der Waals surface area contributed by atoms with Gasteiger partial charge in [0, 0.05) is 50.0 Å². The standard InChI is InChI=1S/C20H16N8O/c1-28(2)20(29)13-5-7-22-18-15(13)24-19(25-18)16-14-8-12(10-23-17(14)27-26-16)11-4-3-6-21-9-11/h3-10H,1-2H3,(H,22,24,25)(H,23,26,27). The van der Waals surface area contributed by atoms with Gasteiger partial charge in [-0.05, 0) is 18.2 Å². The van der Waals surface area contributed by atoms with Crippen LogP contribution >= 0.6 is 0 Å². The zero-order chi connectivity index (χ0) is 20.0. The minimum atomic E-state index is -0.123. The van der Waals surface area contributed by atoms with Gasteiger partial charge in [0.1, 0.15) is 5.69 Å². The third-order valence-corrected chi connectivity index (χ3v) is 4.67. The molecule has 0 aliphatic carbocycles. The van der Waals surface area contributed by atoms with E-state index < -0.39 is 0 Å². The van der Waals surface area contributed by atoms with Crippen LogP contribution in [0.15, 0.2) is 49.1 Å². The lowest BCUT2D eigenvalue weighted by atomic mass is 10.1. The molecule has 0 radical (unpaired) electrons. The van der Waals surface area contributed by atoms with Gasteiger partial charge in [-0.25, -0.2) is 15.0 Å². The molecule has 9 nitrogen and oxygen atoms in total.